The number of hydrogen-bond donors (Lipinski definition) is 0. The highest BCUT2D eigenvalue weighted by molar-refractivity contribution is 9.19. The van der Waals surface area contributed by atoms with Crippen LogP contribution in [-0.2, 0) is 0 Å². The molecule has 10 heteroatoms. The maximum atomic E-state index is 5.93. The van der Waals surface area contributed by atoms with Gasteiger partial charge in [0.1, 0.15) is 17.2 Å². The molecule has 0 fully saturated rings. The minimum atomic E-state index is -1.04. The van der Waals surface area contributed by atoms with Crippen LogP contribution in [0.25, 0.3) is 0 Å². The van der Waals surface area contributed by atoms with E-state index < -0.39 is 5.53 Å². The molecule has 0 aliphatic rings. The average molecular weight is 581 g/mol. The van der Waals surface area contributed by atoms with E-state index in [1.165, 1.54) is 34.1 Å². The number of benzene rings is 3. The molecule has 3 nitrogen and oxygen atoms in total. The van der Waals surface area contributed by atoms with Gasteiger partial charge in [-0.2, -0.15) is 0 Å². The van der Waals surface area contributed by atoms with Crippen LogP contribution >= 0.6 is 76.3 Å². The van der Waals surface area contributed by atoms with Crippen LogP contribution in [0.3, 0.4) is 0 Å². The van der Waals surface area contributed by atoms with Crippen molar-refractivity contribution < 1.29 is 14.2 Å². The Morgan fingerprint density at radius 3 is 1.06 bits per heavy atom. The predicted octanol–water partition coefficient (Wildman–Crippen LogP) is 9.43. The van der Waals surface area contributed by atoms with Gasteiger partial charge in [0.25, 0.3) is 0 Å². The van der Waals surface area contributed by atoms with Crippen LogP contribution in [0.5, 0.6) is 17.2 Å². The van der Waals surface area contributed by atoms with Gasteiger partial charge >= 0.3 is 0 Å². The third-order valence-corrected chi connectivity index (χ3v) is 14.4. The lowest BCUT2D eigenvalue weighted by atomic mass is 10.2. The number of rotatable bonds is 6. The lowest BCUT2D eigenvalue weighted by Crippen LogP contribution is -2.04. The first kappa shape index (κ1) is 27.4. The quantitative estimate of drug-likeness (QED) is 0.209. The summed E-state index contributed by atoms with van der Waals surface area (Å²) < 4.78 is 18.9. The van der Waals surface area contributed by atoms with Gasteiger partial charge in [-0.25, -0.2) is 0 Å². The largest absolute Gasteiger partial charge is 0.439 e. The molecule has 176 valence electrons. The minimum Gasteiger partial charge on any atom is -0.439 e. The van der Waals surface area contributed by atoms with Crippen molar-refractivity contribution in [2.75, 3.05) is 0 Å². The smallest absolute Gasteiger partial charge is 0.231 e. The third kappa shape index (κ3) is 8.79. The Morgan fingerprint density at radius 2 is 0.794 bits per heavy atom. The van der Waals surface area contributed by atoms with Crippen LogP contribution in [-0.4, -0.2) is 13.1 Å². The summed E-state index contributed by atoms with van der Waals surface area (Å²) in [6.07, 6.45) is 0. The molecule has 0 radical (unpaired) electrons. The minimum absolute atomic E-state index is 0.387. The second kappa shape index (κ2) is 13.8. The normalized spacial score (nSPS) is 10.6. The van der Waals surface area contributed by atoms with E-state index in [1.807, 2.05) is 93.6 Å². The zero-order valence-corrected chi connectivity index (χ0v) is 24.3. The summed E-state index contributed by atoms with van der Waals surface area (Å²) in [6.45, 7) is 5.93. The van der Waals surface area contributed by atoms with Crippen LogP contribution in [0.15, 0.2) is 72.8 Å². The lowest BCUT2D eigenvalue weighted by molar-refractivity contribution is 0.574. The molecule has 0 saturated carbocycles. The van der Waals surface area contributed by atoms with Gasteiger partial charge in [0.05, 0.1) is 5.53 Å². The van der Waals surface area contributed by atoms with Crippen molar-refractivity contribution in [3.8, 4) is 17.2 Å². The Balaban J connectivity index is 1.69. The van der Waals surface area contributed by atoms with Gasteiger partial charge in [-0.3, -0.25) is 0 Å². The molecule has 34 heavy (non-hydrogen) atoms. The number of ether oxygens (including phenoxy) is 3. The van der Waals surface area contributed by atoms with Crippen molar-refractivity contribution in [2.45, 2.75) is 20.8 Å². The van der Waals surface area contributed by atoms with Crippen LogP contribution < -0.4 is 14.2 Å². The molecule has 0 aromatic heterocycles. The Kier molecular flexibility index (Phi) is 11.1. The van der Waals surface area contributed by atoms with Crippen molar-refractivity contribution in [2.24, 2.45) is 0 Å². The van der Waals surface area contributed by atoms with E-state index in [0.717, 1.165) is 33.9 Å². The van der Waals surface area contributed by atoms with Gasteiger partial charge < -0.3 is 14.2 Å². The van der Waals surface area contributed by atoms with E-state index in [-0.39, 0.29) is 0 Å². The third-order valence-electron chi connectivity index (χ3n) is 4.31. The second-order valence-corrected chi connectivity index (χ2v) is 17.9. The molecule has 3 aromatic carbocycles. The standard InChI is InChI=1S/C24H21O3PS6/c1-16-10-4-7-13-19(16)25-22(29)32-28(33-23(30)26-20-14-8-5-11-17(20)2)34-24(31)27-21-15-9-6-12-18(21)3/h4-15H,1-3H3. The Bertz CT molecular complexity index is 1040. The first-order valence-corrected chi connectivity index (χ1v) is 16.8. The van der Waals surface area contributed by atoms with Crippen molar-refractivity contribution in [1.29, 1.82) is 0 Å². The Hall–Kier alpha value is -1.19. The highest BCUT2D eigenvalue weighted by Crippen LogP contribution is 2.71. The van der Waals surface area contributed by atoms with Crippen molar-refractivity contribution in [1.82, 2.24) is 0 Å². The average Bonchev–Trinajstić information content (AvgIpc) is 2.78. The molecular formula is C24H21O3PS6. The van der Waals surface area contributed by atoms with Crippen molar-refractivity contribution in [3.05, 3.63) is 89.5 Å². The molecule has 0 amide bonds. The molecule has 0 saturated heterocycles. The van der Waals surface area contributed by atoms with E-state index in [9.17, 15) is 0 Å². The summed E-state index contributed by atoms with van der Waals surface area (Å²) in [7, 11) is 0. The topological polar surface area (TPSA) is 27.7 Å². The molecule has 0 aliphatic heterocycles. The maximum absolute atomic E-state index is 5.93. The number of para-hydroxylation sites is 3. The van der Waals surface area contributed by atoms with Gasteiger partial charge in [-0.1, -0.05) is 54.6 Å². The predicted molar refractivity (Wildman–Crippen MR) is 163 cm³/mol. The zero-order valence-electron chi connectivity index (χ0n) is 18.5. The SMILES string of the molecule is Cc1ccccc1OC(=S)SP(SC(=S)Oc1ccccc1C)SC(=S)Oc1ccccc1C. The monoisotopic (exact) mass is 580 g/mol. The molecular weight excluding hydrogens is 560 g/mol. The second-order valence-electron chi connectivity index (χ2n) is 6.85. The lowest BCUT2D eigenvalue weighted by Gasteiger charge is -2.18. The summed E-state index contributed by atoms with van der Waals surface area (Å²) >= 11 is 20.8. The summed E-state index contributed by atoms with van der Waals surface area (Å²) in [5, 5.41) is 0. The summed E-state index contributed by atoms with van der Waals surface area (Å²) in [6, 6.07) is 23.2. The summed E-state index contributed by atoms with van der Waals surface area (Å²) in [4.78, 5) is 0. The fourth-order valence-electron chi connectivity index (χ4n) is 2.58. The summed E-state index contributed by atoms with van der Waals surface area (Å²) in [5.74, 6) is 2.17. The van der Waals surface area contributed by atoms with E-state index >= 15 is 0 Å². The van der Waals surface area contributed by atoms with E-state index in [1.54, 1.807) is 0 Å². The zero-order chi connectivity index (χ0) is 24.5. The number of thiocarbonyl (C=S) groups is 3. The van der Waals surface area contributed by atoms with Crippen LogP contribution in [0, 0.1) is 20.8 Å². The van der Waals surface area contributed by atoms with Crippen LogP contribution in [0.4, 0.5) is 0 Å². The molecule has 0 spiro atoms. The molecule has 0 heterocycles. The highest BCUT2D eigenvalue weighted by Gasteiger charge is 2.23. The number of hydrogen-bond acceptors (Lipinski definition) is 9. The summed E-state index contributed by atoms with van der Waals surface area (Å²) in [5.41, 5.74) is 1.97. The Morgan fingerprint density at radius 1 is 0.529 bits per heavy atom. The van der Waals surface area contributed by atoms with Gasteiger partial charge in [0.2, 0.25) is 13.1 Å². The molecule has 0 atom stereocenters. The van der Waals surface area contributed by atoms with E-state index in [4.69, 9.17) is 50.9 Å². The van der Waals surface area contributed by atoms with E-state index in [2.05, 4.69) is 0 Å². The molecule has 0 aliphatic carbocycles. The van der Waals surface area contributed by atoms with E-state index in [0.29, 0.717) is 13.1 Å². The van der Waals surface area contributed by atoms with Gasteiger partial charge in [0, 0.05) is 0 Å². The highest BCUT2D eigenvalue weighted by atomic mass is 33.4. The van der Waals surface area contributed by atoms with Crippen molar-refractivity contribution >= 4 is 89.5 Å². The molecule has 0 N–H and O–H groups in total. The molecule has 0 bridgehead atoms. The maximum Gasteiger partial charge on any atom is 0.231 e. The molecule has 3 rings (SSSR count). The first-order chi connectivity index (χ1) is 16.3. The van der Waals surface area contributed by atoms with Crippen molar-refractivity contribution in [3.63, 3.8) is 0 Å². The molecule has 0 unspecified atom stereocenters. The van der Waals surface area contributed by atoms with Gasteiger partial charge in [-0.15, -0.1) is 0 Å². The van der Waals surface area contributed by atoms with Crippen LogP contribution in [0.2, 0.25) is 0 Å². The van der Waals surface area contributed by atoms with Crippen LogP contribution in [0.1, 0.15) is 16.7 Å². The Labute approximate surface area is 229 Å². The van der Waals surface area contributed by atoms with Gasteiger partial charge in [-0.05, 0) is 126 Å². The fourth-order valence-corrected chi connectivity index (χ4v) is 14.7. The molecule has 3 aromatic rings. The van der Waals surface area contributed by atoms with Gasteiger partial charge in [0.15, 0.2) is 0 Å². The fraction of sp³-hybridized carbons (Fsp3) is 0.125. The number of aryl methyl sites for hydroxylation is 3. The first-order valence-electron chi connectivity index (χ1n) is 9.98.